The van der Waals surface area contributed by atoms with Crippen LogP contribution >= 0.6 is 11.6 Å². The third kappa shape index (κ3) is 4.76. The Bertz CT molecular complexity index is 1070. The summed E-state index contributed by atoms with van der Waals surface area (Å²) < 4.78 is 29.1. The molecule has 2 aromatic rings. The number of hydrogen-bond donors (Lipinski definition) is 0. The van der Waals surface area contributed by atoms with Crippen molar-refractivity contribution < 1.29 is 22.7 Å². The van der Waals surface area contributed by atoms with Crippen molar-refractivity contribution in [1.29, 1.82) is 0 Å². The van der Waals surface area contributed by atoms with Gasteiger partial charge in [-0.3, -0.25) is 9.59 Å². The molecule has 7 nitrogen and oxygen atoms in total. The van der Waals surface area contributed by atoms with Crippen LogP contribution in [0, 0.1) is 0 Å². The van der Waals surface area contributed by atoms with Gasteiger partial charge in [-0.15, -0.1) is 0 Å². The zero-order valence-electron chi connectivity index (χ0n) is 16.8. The molecule has 1 saturated heterocycles. The molecule has 2 amide bonds. The number of methoxy groups -OCH3 is 1. The first-order chi connectivity index (χ1) is 14.2. The van der Waals surface area contributed by atoms with Gasteiger partial charge in [0.2, 0.25) is 0 Å². The summed E-state index contributed by atoms with van der Waals surface area (Å²) in [6.45, 7) is 1.69. The van der Waals surface area contributed by atoms with Gasteiger partial charge >= 0.3 is 0 Å². The van der Waals surface area contributed by atoms with Crippen LogP contribution in [0.4, 0.5) is 0 Å². The summed E-state index contributed by atoms with van der Waals surface area (Å²) in [6.07, 6.45) is 1.66. The highest BCUT2D eigenvalue weighted by Gasteiger charge is 2.26. The summed E-state index contributed by atoms with van der Waals surface area (Å²) in [5, 5.41) is 0.0819. The summed E-state index contributed by atoms with van der Waals surface area (Å²) in [7, 11) is -2.03. The van der Waals surface area contributed by atoms with Crippen molar-refractivity contribution in [2.24, 2.45) is 0 Å². The number of benzene rings is 2. The molecule has 1 aliphatic heterocycles. The summed E-state index contributed by atoms with van der Waals surface area (Å²) in [6, 6.07) is 11.3. The van der Waals surface area contributed by atoms with Crippen LogP contribution in [-0.2, 0) is 9.84 Å². The molecule has 0 bridgehead atoms. The predicted octanol–water partition coefficient (Wildman–Crippen LogP) is 2.74. The highest BCUT2D eigenvalue weighted by atomic mass is 35.5. The molecular formula is C21H23ClN2O5S. The number of rotatable bonds is 4. The van der Waals surface area contributed by atoms with Crippen molar-refractivity contribution in [1.82, 2.24) is 9.80 Å². The van der Waals surface area contributed by atoms with E-state index >= 15 is 0 Å². The van der Waals surface area contributed by atoms with Gasteiger partial charge < -0.3 is 14.5 Å². The third-order valence-corrected chi connectivity index (χ3v) is 6.56. The van der Waals surface area contributed by atoms with E-state index in [1.807, 2.05) is 0 Å². The van der Waals surface area contributed by atoms with Gasteiger partial charge in [0.25, 0.3) is 11.8 Å². The molecular weight excluding hydrogens is 428 g/mol. The van der Waals surface area contributed by atoms with Crippen molar-refractivity contribution in [3.8, 4) is 5.75 Å². The molecule has 1 fully saturated rings. The Labute approximate surface area is 181 Å². The lowest BCUT2D eigenvalue weighted by Crippen LogP contribution is -2.37. The van der Waals surface area contributed by atoms with E-state index < -0.39 is 9.84 Å². The molecule has 0 saturated carbocycles. The van der Waals surface area contributed by atoms with Crippen LogP contribution in [0.1, 0.15) is 27.1 Å². The summed E-state index contributed by atoms with van der Waals surface area (Å²) in [4.78, 5) is 29.1. The lowest BCUT2D eigenvalue weighted by Gasteiger charge is -2.23. The highest BCUT2D eigenvalue weighted by molar-refractivity contribution is 7.90. The first kappa shape index (κ1) is 22.1. The first-order valence-electron chi connectivity index (χ1n) is 9.43. The van der Waals surface area contributed by atoms with Crippen LogP contribution in [0.25, 0.3) is 0 Å². The van der Waals surface area contributed by atoms with Crippen LogP contribution in [-0.4, -0.2) is 69.6 Å². The van der Waals surface area contributed by atoms with E-state index in [9.17, 15) is 18.0 Å². The maximum Gasteiger partial charge on any atom is 0.257 e. The third-order valence-electron chi connectivity index (χ3n) is 4.99. The smallest absolute Gasteiger partial charge is 0.257 e. The summed E-state index contributed by atoms with van der Waals surface area (Å²) >= 11 is 5.98. The van der Waals surface area contributed by atoms with E-state index in [1.165, 1.54) is 25.3 Å². The second kappa shape index (κ2) is 9.06. The fourth-order valence-electron chi connectivity index (χ4n) is 3.42. The molecule has 1 heterocycles. The van der Waals surface area contributed by atoms with Gasteiger partial charge in [-0.1, -0.05) is 23.7 Å². The zero-order chi connectivity index (χ0) is 21.9. The number of sulfone groups is 1. The minimum Gasteiger partial charge on any atom is -0.496 e. The number of carbonyl (C=O) groups is 2. The molecule has 0 spiro atoms. The van der Waals surface area contributed by atoms with Crippen molar-refractivity contribution in [3.05, 3.63) is 58.6 Å². The topological polar surface area (TPSA) is 84.0 Å². The minimum absolute atomic E-state index is 0.0715. The van der Waals surface area contributed by atoms with Crippen molar-refractivity contribution >= 4 is 33.3 Å². The summed E-state index contributed by atoms with van der Waals surface area (Å²) in [5.41, 5.74) is 0.736. The van der Waals surface area contributed by atoms with Gasteiger partial charge in [0.05, 0.1) is 22.6 Å². The Morgan fingerprint density at radius 2 is 1.60 bits per heavy atom. The Balaban J connectivity index is 1.75. The lowest BCUT2D eigenvalue weighted by atomic mass is 10.1. The maximum absolute atomic E-state index is 13.0. The molecule has 9 heteroatoms. The quantitative estimate of drug-likeness (QED) is 0.715. The van der Waals surface area contributed by atoms with Crippen molar-refractivity contribution in [3.63, 3.8) is 0 Å². The van der Waals surface area contributed by atoms with Crippen LogP contribution < -0.4 is 4.74 Å². The Kier molecular flexibility index (Phi) is 6.67. The molecule has 0 unspecified atom stereocenters. The molecule has 160 valence electrons. The Hall–Kier alpha value is -2.58. The van der Waals surface area contributed by atoms with Crippen LogP contribution in [0.2, 0.25) is 5.02 Å². The number of nitrogens with zero attached hydrogens (tertiary/aromatic N) is 2. The fraction of sp³-hybridized carbons (Fsp3) is 0.333. The Morgan fingerprint density at radius 3 is 2.23 bits per heavy atom. The molecule has 3 rings (SSSR count). The normalized spacial score (nSPS) is 14.9. The number of carbonyl (C=O) groups excluding carboxylic acids is 2. The maximum atomic E-state index is 13.0. The molecule has 2 aromatic carbocycles. The van der Waals surface area contributed by atoms with Gasteiger partial charge in [-0.05, 0) is 36.8 Å². The number of amides is 2. The number of ether oxygens (including phenoxy) is 1. The van der Waals surface area contributed by atoms with Crippen molar-refractivity contribution in [2.45, 2.75) is 11.3 Å². The fourth-order valence-corrected chi connectivity index (χ4v) is 4.72. The predicted molar refractivity (Wildman–Crippen MR) is 114 cm³/mol. The van der Waals surface area contributed by atoms with E-state index in [4.69, 9.17) is 16.3 Å². The standard InChI is InChI=1S/C21H23ClN2O5S/c1-29-18-7-4-3-6-16(18)21(26)24-11-5-10-23(12-13-24)20(25)15-8-9-17(22)19(14-15)30(2,27)28/h3-4,6-9,14H,5,10-13H2,1-2H3. The second-order valence-electron chi connectivity index (χ2n) is 7.06. The van der Waals surface area contributed by atoms with E-state index in [0.29, 0.717) is 43.9 Å². The molecule has 0 aromatic heterocycles. The first-order valence-corrected chi connectivity index (χ1v) is 11.7. The zero-order valence-corrected chi connectivity index (χ0v) is 18.4. The van der Waals surface area contributed by atoms with Crippen LogP contribution in [0.15, 0.2) is 47.4 Å². The monoisotopic (exact) mass is 450 g/mol. The van der Waals surface area contributed by atoms with Gasteiger partial charge in [0.15, 0.2) is 9.84 Å². The van der Waals surface area contributed by atoms with Crippen LogP contribution in [0.5, 0.6) is 5.75 Å². The van der Waals surface area contributed by atoms with Gasteiger partial charge in [0, 0.05) is 38.0 Å². The average Bonchev–Trinajstić information content (AvgIpc) is 2.98. The van der Waals surface area contributed by atoms with E-state index in [0.717, 1.165) is 6.26 Å². The number of halogens is 1. The van der Waals surface area contributed by atoms with Gasteiger partial charge in [-0.2, -0.15) is 0 Å². The Morgan fingerprint density at radius 1 is 0.967 bits per heavy atom. The van der Waals surface area contributed by atoms with E-state index in [1.54, 1.807) is 34.1 Å². The lowest BCUT2D eigenvalue weighted by molar-refractivity contribution is 0.0716. The van der Waals surface area contributed by atoms with Crippen molar-refractivity contribution in [2.75, 3.05) is 39.5 Å². The largest absolute Gasteiger partial charge is 0.496 e. The average molecular weight is 451 g/mol. The molecule has 0 radical (unpaired) electrons. The number of para-hydroxylation sites is 1. The second-order valence-corrected chi connectivity index (χ2v) is 9.45. The SMILES string of the molecule is COc1ccccc1C(=O)N1CCCN(C(=O)c2ccc(Cl)c(S(C)(=O)=O)c2)CC1. The van der Waals surface area contributed by atoms with Gasteiger partial charge in [0.1, 0.15) is 5.75 Å². The minimum atomic E-state index is -3.55. The molecule has 1 aliphatic rings. The molecule has 0 aliphatic carbocycles. The van der Waals surface area contributed by atoms with Gasteiger partial charge in [-0.25, -0.2) is 8.42 Å². The van der Waals surface area contributed by atoms with Crippen LogP contribution in [0.3, 0.4) is 0 Å². The molecule has 0 N–H and O–H groups in total. The molecule has 0 atom stereocenters. The summed E-state index contributed by atoms with van der Waals surface area (Å²) in [5.74, 6) is 0.0740. The van der Waals surface area contributed by atoms with E-state index in [2.05, 4.69) is 0 Å². The molecule has 30 heavy (non-hydrogen) atoms. The van der Waals surface area contributed by atoms with E-state index in [-0.39, 0.29) is 27.3 Å². The number of hydrogen-bond acceptors (Lipinski definition) is 5. The highest BCUT2D eigenvalue weighted by Crippen LogP contribution is 2.24.